The number of hydroxylamine groups is 4. The van der Waals surface area contributed by atoms with E-state index < -0.39 is 11.8 Å². The first-order chi connectivity index (χ1) is 14.5. The number of hydrogen-bond donors (Lipinski definition) is 0. The summed E-state index contributed by atoms with van der Waals surface area (Å²) in [4.78, 5) is 37.2. The van der Waals surface area contributed by atoms with Crippen LogP contribution in [0.3, 0.4) is 0 Å². The summed E-state index contributed by atoms with van der Waals surface area (Å²) in [6, 6.07) is 13.9. The number of halogens is 2. The highest BCUT2D eigenvalue weighted by Gasteiger charge is 2.48. The molecule has 8 heteroatoms. The van der Waals surface area contributed by atoms with E-state index in [1.165, 1.54) is 10.1 Å². The molecular formula is C22H22Cl2N2O4. The van der Waals surface area contributed by atoms with Gasteiger partial charge in [-0.3, -0.25) is 19.3 Å². The predicted octanol–water partition coefficient (Wildman–Crippen LogP) is 4.54. The first-order valence-electron chi connectivity index (χ1n) is 9.94. The maximum Gasteiger partial charge on any atom is 0.338 e. The van der Waals surface area contributed by atoms with E-state index >= 15 is 0 Å². The summed E-state index contributed by atoms with van der Waals surface area (Å²) in [5.74, 6) is -1.41. The third-order valence-electron chi connectivity index (χ3n) is 5.45. The minimum atomic E-state index is -0.705. The molecular weight excluding hydrogens is 427 g/mol. The average Bonchev–Trinajstić information content (AvgIpc) is 2.76. The second-order valence-electron chi connectivity index (χ2n) is 7.48. The zero-order chi connectivity index (χ0) is 21.1. The zero-order valence-corrected chi connectivity index (χ0v) is 17.8. The van der Waals surface area contributed by atoms with Gasteiger partial charge in [0.15, 0.2) is 0 Å². The van der Waals surface area contributed by atoms with E-state index in [1.807, 2.05) is 24.3 Å². The number of amides is 2. The second kappa shape index (κ2) is 9.35. The Morgan fingerprint density at radius 2 is 1.07 bits per heavy atom. The SMILES string of the molecule is O=C1C(=O)N(OCc2ccc(Cl)cc2)[C@H]2CCCC[C@H]2N1OCc1ccc(Cl)cc1. The van der Waals surface area contributed by atoms with Crippen molar-refractivity contribution in [3.63, 3.8) is 0 Å². The summed E-state index contributed by atoms with van der Waals surface area (Å²) < 4.78 is 0. The van der Waals surface area contributed by atoms with Crippen molar-refractivity contribution in [2.45, 2.75) is 51.0 Å². The molecule has 1 heterocycles. The molecule has 0 bridgehead atoms. The van der Waals surface area contributed by atoms with Gasteiger partial charge in [0.25, 0.3) is 0 Å². The summed E-state index contributed by atoms with van der Waals surface area (Å²) in [7, 11) is 0. The molecule has 0 spiro atoms. The van der Waals surface area contributed by atoms with Gasteiger partial charge in [0.2, 0.25) is 0 Å². The molecule has 1 aliphatic carbocycles. The molecule has 2 aromatic carbocycles. The molecule has 1 saturated heterocycles. The predicted molar refractivity (Wildman–Crippen MR) is 112 cm³/mol. The van der Waals surface area contributed by atoms with Crippen molar-refractivity contribution in [3.8, 4) is 0 Å². The van der Waals surface area contributed by atoms with E-state index in [-0.39, 0.29) is 25.3 Å². The molecule has 30 heavy (non-hydrogen) atoms. The van der Waals surface area contributed by atoms with E-state index in [1.54, 1.807) is 24.3 Å². The van der Waals surface area contributed by atoms with Gasteiger partial charge < -0.3 is 0 Å². The van der Waals surface area contributed by atoms with Crippen molar-refractivity contribution in [1.29, 1.82) is 0 Å². The van der Waals surface area contributed by atoms with Gasteiger partial charge >= 0.3 is 11.8 Å². The summed E-state index contributed by atoms with van der Waals surface area (Å²) >= 11 is 11.8. The Morgan fingerprint density at radius 1 is 0.700 bits per heavy atom. The van der Waals surface area contributed by atoms with Gasteiger partial charge in [0.05, 0.1) is 12.1 Å². The smallest absolute Gasteiger partial charge is 0.265 e. The number of rotatable bonds is 6. The fourth-order valence-electron chi connectivity index (χ4n) is 3.89. The van der Waals surface area contributed by atoms with Crippen molar-refractivity contribution in [2.75, 3.05) is 0 Å². The van der Waals surface area contributed by atoms with Gasteiger partial charge in [0.1, 0.15) is 13.2 Å². The van der Waals surface area contributed by atoms with Crippen LogP contribution in [0.25, 0.3) is 0 Å². The first kappa shape index (κ1) is 21.1. The molecule has 2 amide bonds. The molecule has 1 aliphatic heterocycles. The zero-order valence-electron chi connectivity index (χ0n) is 16.3. The van der Waals surface area contributed by atoms with Crippen molar-refractivity contribution < 1.29 is 19.3 Å². The second-order valence-corrected chi connectivity index (χ2v) is 8.35. The largest absolute Gasteiger partial charge is 0.338 e. The number of benzene rings is 2. The van der Waals surface area contributed by atoms with Crippen LogP contribution < -0.4 is 0 Å². The van der Waals surface area contributed by atoms with Crippen LogP contribution in [-0.4, -0.2) is 34.0 Å². The van der Waals surface area contributed by atoms with Crippen molar-refractivity contribution in [1.82, 2.24) is 10.1 Å². The molecule has 0 aromatic heterocycles. The Balaban J connectivity index is 1.46. The number of nitrogens with zero attached hydrogens (tertiary/aromatic N) is 2. The summed E-state index contributed by atoms with van der Waals surface area (Å²) in [5.41, 5.74) is 1.74. The molecule has 2 aliphatic rings. The molecule has 6 nitrogen and oxygen atoms in total. The molecule has 2 fully saturated rings. The highest BCUT2D eigenvalue weighted by Crippen LogP contribution is 2.32. The first-order valence-corrected chi connectivity index (χ1v) is 10.7. The summed E-state index contributed by atoms with van der Waals surface area (Å²) in [6.45, 7) is 0.371. The van der Waals surface area contributed by atoms with Gasteiger partial charge in [0, 0.05) is 10.0 Å². The standard InChI is InChI=1S/C22H22Cl2N2O4/c23-17-9-5-15(6-10-17)13-29-25-19-3-1-2-4-20(19)26(22(28)21(25)27)30-14-16-7-11-18(24)12-8-16/h5-12,19-20H,1-4,13-14H2/t19-,20+. The van der Waals surface area contributed by atoms with E-state index in [0.717, 1.165) is 36.8 Å². The number of hydrogen-bond acceptors (Lipinski definition) is 4. The third kappa shape index (κ3) is 4.62. The topological polar surface area (TPSA) is 59.1 Å². The molecule has 0 radical (unpaired) electrons. The minimum absolute atomic E-state index is 0.186. The lowest BCUT2D eigenvalue weighted by atomic mass is 9.88. The van der Waals surface area contributed by atoms with Gasteiger partial charge in [-0.2, -0.15) is 0 Å². The van der Waals surface area contributed by atoms with Gasteiger partial charge in [-0.15, -0.1) is 0 Å². The minimum Gasteiger partial charge on any atom is -0.265 e. The van der Waals surface area contributed by atoms with Crippen LogP contribution in [-0.2, 0) is 32.5 Å². The molecule has 0 unspecified atom stereocenters. The van der Waals surface area contributed by atoms with Crippen LogP contribution in [0, 0.1) is 0 Å². The lowest BCUT2D eigenvalue weighted by molar-refractivity contribution is -0.270. The summed E-state index contributed by atoms with van der Waals surface area (Å²) in [6.07, 6.45) is 3.44. The van der Waals surface area contributed by atoms with E-state index in [0.29, 0.717) is 10.0 Å². The Bertz CT molecular complexity index is 829. The Hall–Kier alpha value is -2.12. The van der Waals surface area contributed by atoms with Gasteiger partial charge in [-0.05, 0) is 48.2 Å². The van der Waals surface area contributed by atoms with E-state index in [4.69, 9.17) is 32.9 Å². The monoisotopic (exact) mass is 448 g/mol. The van der Waals surface area contributed by atoms with Crippen LogP contribution in [0.2, 0.25) is 10.0 Å². The van der Waals surface area contributed by atoms with Crippen molar-refractivity contribution >= 4 is 35.0 Å². The molecule has 1 saturated carbocycles. The normalized spacial score (nSPS) is 21.7. The van der Waals surface area contributed by atoms with Crippen LogP contribution in [0.4, 0.5) is 0 Å². The lowest BCUT2D eigenvalue weighted by Crippen LogP contribution is -2.65. The van der Waals surface area contributed by atoms with Crippen LogP contribution in [0.15, 0.2) is 48.5 Å². The maximum absolute atomic E-state index is 12.8. The van der Waals surface area contributed by atoms with Gasteiger partial charge in [-0.25, -0.2) is 10.1 Å². The Morgan fingerprint density at radius 3 is 1.43 bits per heavy atom. The fourth-order valence-corrected chi connectivity index (χ4v) is 4.14. The maximum atomic E-state index is 12.8. The highest BCUT2D eigenvalue weighted by molar-refractivity contribution is 6.35. The fraction of sp³-hybridized carbons (Fsp3) is 0.364. The van der Waals surface area contributed by atoms with E-state index in [9.17, 15) is 9.59 Å². The van der Waals surface area contributed by atoms with Gasteiger partial charge in [-0.1, -0.05) is 60.3 Å². The summed E-state index contributed by atoms with van der Waals surface area (Å²) in [5, 5.41) is 3.76. The number of carbonyl (C=O) groups is 2. The Labute approximate surface area is 185 Å². The molecule has 2 atom stereocenters. The third-order valence-corrected chi connectivity index (χ3v) is 5.95. The number of fused-ring (bicyclic) bond motifs is 1. The molecule has 158 valence electrons. The number of piperazine rings is 1. The highest BCUT2D eigenvalue weighted by atomic mass is 35.5. The van der Waals surface area contributed by atoms with Crippen LogP contribution >= 0.6 is 23.2 Å². The lowest BCUT2D eigenvalue weighted by Gasteiger charge is -2.46. The average molecular weight is 449 g/mol. The van der Waals surface area contributed by atoms with E-state index in [2.05, 4.69) is 0 Å². The quantitative estimate of drug-likeness (QED) is 0.608. The molecule has 2 aromatic rings. The molecule has 0 N–H and O–H groups in total. The van der Waals surface area contributed by atoms with Crippen molar-refractivity contribution in [2.24, 2.45) is 0 Å². The Kier molecular flexibility index (Phi) is 6.58. The van der Waals surface area contributed by atoms with Crippen LogP contribution in [0.1, 0.15) is 36.8 Å². The van der Waals surface area contributed by atoms with Crippen LogP contribution in [0.5, 0.6) is 0 Å². The van der Waals surface area contributed by atoms with Crippen molar-refractivity contribution in [3.05, 3.63) is 69.7 Å². The molecule has 4 rings (SSSR count). The number of carbonyl (C=O) groups excluding carboxylic acids is 2.